The number of carbonyl (C=O) groups is 2. The van der Waals surface area contributed by atoms with Gasteiger partial charge < -0.3 is 14.5 Å². The lowest BCUT2D eigenvalue weighted by Crippen LogP contribution is -2.45. The first-order chi connectivity index (χ1) is 14.9. The summed E-state index contributed by atoms with van der Waals surface area (Å²) in [6, 6.07) is 15.1. The summed E-state index contributed by atoms with van der Waals surface area (Å²) in [6.07, 6.45) is 2.52. The van der Waals surface area contributed by atoms with E-state index in [1.54, 1.807) is 4.90 Å². The Morgan fingerprint density at radius 1 is 1.06 bits per heavy atom. The fraction of sp³-hybridized carbons (Fsp3) is 0.462. The normalized spacial score (nSPS) is 18.1. The second-order valence-corrected chi connectivity index (χ2v) is 8.84. The molecule has 0 saturated heterocycles. The monoisotopic (exact) mass is 422 g/mol. The van der Waals surface area contributed by atoms with Gasteiger partial charge in [0.25, 0.3) is 11.8 Å². The third-order valence-corrected chi connectivity index (χ3v) is 5.86. The maximum atomic E-state index is 13.6. The number of rotatable bonds is 3. The second kappa shape index (κ2) is 10.5. The number of carbonyl (C=O) groups excluding carboxylic acids is 2. The zero-order chi connectivity index (χ0) is 22.4. The van der Waals surface area contributed by atoms with Gasteiger partial charge in [0.1, 0.15) is 12.4 Å². The second-order valence-electron chi connectivity index (χ2n) is 8.84. The van der Waals surface area contributed by atoms with Crippen LogP contribution in [0.2, 0.25) is 0 Å². The van der Waals surface area contributed by atoms with Crippen molar-refractivity contribution in [1.29, 1.82) is 0 Å². The highest BCUT2D eigenvalue weighted by Gasteiger charge is 2.28. The van der Waals surface area contributed by atoms with Gasteiger partial charge >= 0.3 is 0 Å². The van der Waals surface area contributed by atoms with Crippen molar-refractivity contribution in [1.82, 2.24) is 9.80 Å². The molecule has 0 radical (unpaired) electrons. The van der Waals surface area contributed by atoms with Gasteiger partial charge in [-0.2, -0.15) is 0 Å². The Bertz CT molecular complexity index is 909. The third-order valence-electron chi connectivity index (χ3n) is 5.86. The number of benzene rings is 2. The molecule has 5 heteroatoms. The lowest BCUT2D eigenvalue weighted by Gasteiger charge is -2.34. The molecule has 31 heavy (non-hydrogen) atoms. The predicted octanol–water partition coefficient (Wildman–Crippen LogP) is 4.80. The molecule has 0 aromatic heterocycles. The standard InChI is InChI=1S/C26H34N2O3/c1-19(2)17-21-18-31-24-14-8-7-13-23(24)25(29)27(4)15-9-10-16-28(21)26(30)22-12-6-5-11-20(22)3/h5-8,11-14,19,21H,9-10,15-18H2,1-4H3/t21-/m0/s1. The van der Waals surface area contributed by atoms with Crippen LogP contribution >= 0.6 is 0 Å². The Morgan fingerprint density at radius 2 is 1.74 bits per heavy atom. The number of fused-ring (bicyclic) bond motifs is 1. The quantitative estimate of drug-likeness (QED) is 0.714. The SMILES string of the molecule is Cc1ccccc1C(=O)N1CCCCN(C)C(=O)c2ccccc2OC[C@@H]1CC(C)C. The molecule has 2 aromatic rings. The molecule has 2 amide bonds. The molecule has 0 N–H and O–H groups in total. The van der Waals surface area contributed by atoms with E-state index < -0.39 is 0 Å². The third kappa shape index (κ3) is 5.66. The summed E-state index contributed by atoms with van der Waals surface area (Å²) in [5, 5.41) is 0. The molecule has 2 aromatic carbocycles. The molecular weight excluding hydrogens is 388 g/mol. The Kier molecular flexibility index (Phi) is 7.72. The van der Waals surface area contributed by atoms with Crippen molar-refractivity contribution in [2.24, 2.45) is 5.92 Å². The summed E-state index contributed by atoms with van der Waals surface area (Å²) in [4.78, 5) is 30.2. The van der Waals surface area contributed by atoms with E-state index in [1.807, 2.05) is 67.4 Å². The molecule has 1 atom stereocenters. The molecule has 0 fully saturated rings. The van der Waals surface area contributed by atoms with E-state index in [1.165, 1.54) is 0 Å². The minimum atomic E-state index is -0.0626. The summed E-state index contributed by atoms with van der Waals surface area (Å²) in [6.45, 7) is 7.97. The molecule has 1 aliphatic heterocycles. The number of hydrogen-bond donors (Lipinski definition) is 0. The van der Waals surface area contributed by atoms with E-state index in [2.05, 4.69) is 13.8 Å². The number of hydrogen-bond acceptors (Lipinski definition) is 3. The smallest absolute Gasteiger partial charge is 0.257 e. The fourth-order valence-corrected chi connectivity index (χ4v) is 4.14. The molecule has 3 rings (SSSR count). The number of ether oxygens (including phenoxy) is 1. The molecule has 0 saturated carbocycles. The average molecular weight is 423 g/mol. The predicted molar refractivity (Wildman–Crippen MR) is 124 cm³/mol. The molecule has 0 unspecified atom stereocenters. The lowest BCUT2D eigenvalue weighted by atomic mass is 10.00. The molecule has 0 aliphatic carbocycles. The zero-order valence-corrected chi connectivity index (χ0v) is 19.1. The van der Waals surface area contributed by atoms with Gasteiger partial charge in [0, 0.05) is 25.7 Å². The van der Waals surface area contributed by atoms with Crippen LogP contribution in [0.4, 0.5) is 0 Å². The lowest BCUT2D eigenvalue weighted by molar-refractivity contribution is 0.0558. The van der Waals surface area contributed by atoms with Gasteiger partial charge in [-0.3, -0.25) is 9.59 Å². The fourth-order valence-electron chi connectivity index (χ4n) is 4.14. The highest BCUT2D eigenvalue weighted by Crippen LogP contribution is 2.24. The summed E-state index contributed by atoms with van der Waals surface area (Å²) >= 11 is 0. The number of nitrogens with zero attached hydrogens (tertiary/aromatic N) is 2. The Hall–Kier alpha value is -2.82. The van der Waals surface area contributed by atoms with E-state index in [-0.39, 0.29) is 17.9 Å². The van der Waals surface area contributed by atoms with E-state index in [0.717, 1.165) is 30.4 Å². The van der Waals surface area contributed by atoms with Crippen molar-refractivity contribution in [2.75, 3.05) is 26.7 Å². The highest BCUT2D eigenvalue weighted by molar-refractivity contribution is 5.97. The number of amides is 2. The van der Waals surface area contributed by atoms with Crippen molar-refractivity contribution >= 4 is 11.8 Å². The molecule has 1 aliphatic rings. The van der Waals surface area contributed by atoms with Gasteiger partial charge in [0.05, 0.1) is 11.6 Å². The van der Waals surface area contributed by atoms with Gasteiger partial charge in [-0.05, 0) is 55.9 Å². The molecule has 166 valence electrons. The van der Waals surface area contributed by atoms with Crippen LogP contribution in [0.1, 0.15) is 59.4 Å². The first-order valence-corrected chi connectivity index (χ1v) is 11.2. The Balaban J connectivity index is 1.95. The van der Waals surface area contributed by atoms with Crippen molar-refractivity contribution in [3.8, 4) is 5.75 Å². The molecular formula is C26H34N2O3. The number of aryl methyl sites for hydroxylation is 1. The zero-order valence-electron chi connectivity index (χ0n) is 19.1. The first-order valence-electron chi connectivity index (χ1n) is 11.2. The topological polar surface area (TPSA) is 49.9 Å². The molecule has 5 nitrogen and oxygen atoms in total. The van der Waals surface area contributed by atoms with E-state index in [4.69, 9.17) is 4.74 Å². The van der Waals surface area contributed by atoms with E-state index in [9.17, 15) is 9.59 Å². The van der Waals surface area contributed by atoms with Crippen LogP contribution in [0.3, 0.4) is 0 Å². The maximum absolute atomic E-state index is 13.6. The van der Waals surface area contributed by atoms with E-state index >= 15 is 0 Å². The molecule has 0 spiro atoms. The van der Waals surface area contributed by atoms with Gasteiger partial charge in [0.15, 0.2) is 0 Å². The van der Waals surface area contributed by atoms with Crippen LogP contribution in [-0.2, 0) is 0 Å². The molecule has 0 bridgehead atoms. The first kappa shape index (κ1) is 22.9. The van der Waals surface area contributed by atoms with Crippen molar-refractivity contribution in [3.05, 3.63) is 65.2 Å². The summed E-state index contributed by atoms with van der Waals surface area (Å²) in [5.41, 5.74) is 2.31. The van der Waals surface area contributed by atoms with Crippen molar-refractivity contribution in [2.45, 2.75) is 46.1 Å². The van der Waals surface area contributed by atoms with Crippen LogP contribution in [0.5, 0.6) is 5.75 Å². The molecule has 1 heterocycles. The summed E-state index contributed by atoms with van der Waals surface area (Å²) < 4.78 is 6.20. The minimum Gasteiger partial charge on any atom is -0.491 e. The minimum absolute atomic E-state index is 0.0237. The maximum Gasteiger partial charge on any atom is 0.257 e. The van der Waals surface area contributed by atoms with Crippen LogP contribution in [0, 0.1) is 12.8 Å². The van der Waals surface area contributed by atoms with Crippen LogP contribution in [0.15, 0.2) is 48.5 Å². The van der Waals surface area contributed by atoms with Gasteiger partial charge in [-0.1, -0.05) is 44.2 Å². The highest BCUT2D eigenvalue weighted by atomic mass is 16.5. The van der Waals surface area contributed by atoms with Gasteiger partial charge in [-0.15, -0.1) is 0 Å². The largest absolute Gasteiger partial charge is 0.491 e. The van der Waals surface area contributed by atoms with Crippen molar-refractivity contribution < 1.29 is 14.3 Å². The van der Waals surface area contributed by atoms with Gasteiger partial charge in [0.2, 0.25) is 0 Å². The van der Waals surface area contributed by atoms with E-state index in [0.29, 0.717) is 36.9 Å². The van der Waals surface area contributed by atoms with Crippen molar-refractivity contribution in [3.63, 3.8) is 0 Å². The summed E-state index contributed by atoms with van der Waals surface area (Å²) in [7, 11) is 1.82. The average Bonchev–Trinajstić information content (AvgIpc) is 2.75. The van der Waals surface area contributed by atoms with Crippen LogP contribution in [0.25, 0.3) is 0 Å². The summed E-state index contributed by atoms with van der Waals surface area (Å²) in [5.74, 6) is 1.03. The number of para-hydroxylation sites is 1. The van der Waals surface area contributed by atoms with Crippen LogP contribution < -0.4 is 4.74 Å². The Labute approximate surface area is 186 Å². The Morgan fingerprint density at radius 3 is 2.48 bits per heavy atom. The van der Waals surface area contributed by atoms with Gasteiger partial charge in [-0.25, -0.2) is 0 Å². The van der Waals surface area contributed by atoms with Crippen LogP contribution in [-0.4, -0.2) is 54.4 Å².